The molecule has 368 valence electrons. The van der Waals surface area contributed by atoms with Crippen molar-refractivity contribution < 1.29 is 38.4 Å². The van der Waals surface area contributed by atoms with Gasteiger partial charge in [0.1, 0.15) is 30.5 Å². The summed E-state index contributed by atoms with van der Waals surface area (Å²) < 4.78 is 32.4. The molecule has 0 aromatic heterocycles. The van der Waals surface area contributed by atoms with Crippen LogP contribution in [-0.4, -0.2) is 60.3 Å². The van der Waals surface area contributed by atoms with Crippen LogP contribution in [0.3, 0.4) is 0 Å². The van der Waals surface area contributed by atoms with E-state index < -0.39 is 36.7 Å². The molecule has 66 heavy (non-hydrogen) atoms. The average molecular weight is 914 g/mol. The van der Waals surface area contributed by atoms with Crippen molar-refractivity contribution in [3.05, 3.63) is 108 Å². The number of nitrogens with one attached hydrogen (secondary N) is 1. The highest BCUT2D eigenvalue weighted by atomic mass is 16.7. The number of unbranched alkanes of at least 4 members (excludes halogenated alkanes) is 20. The van der Waals surface area contributed by atoms with E-state index in [1.54, 1.807) is 0 Å². The number of esters is 1. The fourth-order valence-corrected chi connectivity index (χ4v) is 8.90. The number of ether oxygens (including phenoxy) is 5. The van der Waals surface area contributed by atoms with Crippen LogP contribution in [0.2, 0.25) is 0 Å². The topological polar surface area (TPSA) is 113 Å². The molecule has 0 spiro atoms. The lowest BCUT2D eigenvalue weighted by atomic mass is 9.95. The summed E-state index contributed by atoms with van der Waals surface area (Å²) in [5.41, 5.74) is 2.85. The van der Waals surface area contributed by atoms with E-state index in [9.17, 15) is 14.7 Å². The number of hydrogen-bond donors (Lipinski definition) is 2. The molecule has 0 bridgehead atoms. The van der Waals surface area contributed by atoms with Gasteiger partial charge < -0.3 is 34.1 Å². The third-order valence-electron chi connectivity index (χ3n) is 12.8. The summed E-state index contributed by atoms with van der Waals surface area (Å²) in [6.45, 7) is 4.88. The lowest BCUT2D eigenvalue weighted by Crippen LogP contribution is -2.66. The first-order valence-electron chi connectivity index (χ1n) is 26.2. The molecular weight excluding hydrogens is 827 g/mol. The first kappa shape index (κ1) is 55.0. The van der Waals surface area contributed by atoms with Crippen molar-refractivity contribution in [2.24, 2.45) is 0 Å². The molecule has 3 aromatic carbocycles. The van der Waals surface area contributed by atoms with E-state index in [1.807, 2.05) is 91.0 Å². The van der Waals surface area contributed by atoms with Gasteiger partial charge in [-0.1, -0.05) is 233 Å². The zero-order chi connectivity index (χ0) is 46.7. The van der Waals surface area contributed by atoms with Crippen LogP contribution in [0.4, 0.5) is 0 Å². The number of amides is 1. The molecule has 0 aliphatic carbocycles. The van der Waals surface area contributed by atoms with Crippen molar-refractivity contribution in [2.75, 3.05) is 6.61 Å². The average Bonchev–Trinajstić information content (AvgIpc) is 3.34. The zero-order valence-electron chi connectivity index (χ0n) is 40.9. The lowest BCUT2D eigenvalue weighted by molar-refractivity contribution is -0.291. The van der Waals surface area contributed by atoms with Crippen LogP contribution in [0.1, 0.15) is 191 Å². The number of aliphatic hydroxyl groups is 1. The Morgan fingerprint density at radius 1 is 0.545 bits per heavy atom. The van der Waals surface area contributed by atoms with Gasteiger partial charge in [0.05, 0.1) is 32.8 Å². The van der Waals surface area contributed by atoms with Crippen LogP contribution in [0.5, 0.6) is 0 Å². The molecule has 1 fully saturated rings. The summed E-state index contributed by atoms with van der Waals surface area (Å²) in [6, 6.07) is 28.7. The molecule has 9 heteroatoms. The maximum atomic E-state index is 14.4. The molecule has 1 heterocycles. The fourth-order valence-electron chi connectivity index (χ4n) is 8.90. The minimum absolute atomic E-state index is 0.00758. The summed E-state index contributed by atoms with van der Waals surface area (Å²) in [5, 5.41) is 14.0. The molecule has 0 unspecified atom stereocenters. The smallest absolute Gasteiger partial charge is 0.306 e. The van der Waals surface area contributed by atoms with Crippen molar-refractivity contribution in [1.29, 1.82) is 0 Å². The van der Waals surface area contributed by atoms with E-state index in [0.29, 0.717) is 12.8 Å². The normalized spacial score (nSPS) is 18.8. The first-order chi connectivity index (χ1) is 32.5. The maximum absolute atomic E-state index is 14.4. The van der Waals surface area contributed by atoms with Gasteiger partial charge in [-0.3, -0.25) is 9.59 Å². The Morgan fingerprint density at radius 3 is 1.41 bits per heavy atom. The van der Waals surface area contributed by atoms with Crippen LogP contribution in [-0.2, 0) is 53.1 Å². The molecule has 0 radical (unpaired) electrons. The standard InChI is InChI=1S/C57H87NO8/c1-3-5-7-9-11-13-14-15-16-18-20-22-33-41-53(61)65-50(40-32-21-19-17-12-10-8-6-4-2)42-52(60)58-54-56(63-45-48-36-28-24-29-37-48)55(62-44-47-34-26-23-27-35-47)51(43-59)66-57(54)64-46-49-38-30-25-31-39-49/h23-31,34-39,50-51,54-57,59H,3-22,32-33,40-46H2,1-2H3,(H,58,60)/t50-,51-,54-,55-,56-,57-/m1/s1. The fraction of sp³-hybridized carbons (Fsp3) is 0.649. The minimum atomic E-state index is -0.975. The maximum Gasteiger partial charge on any atom is 0.306 e. The molecular formula is C57H87NO8. The molecule has 6 atom stereocenters. The van der Waals surface area contributed by atoms with Gasteiger partial charge in [-0.15, -0.1) is 0 Å². The SMILES string of the molecule is CCCCCCCCCCCCCCCC(=O)O[C@H](CCCCCCCCCCC)CC(=O)N[C@H]1[C@H](OCc2ccccc2)O[C@H](CO)[C@@H](OCc2ccccc2)[C@@H]1OCc1ccccc1. The summed E-state index contributed by atoms with van der Waals surface area (Å²) in [7, 11) is 0. The van der Waals surface area contributed by atoms with E-state index in [4.69, 9.17) is 23.7 Å². The highest BCUT2D eigenvalue weighted by molar-refractivity contribution is 5.77. The van der Waals surface area contributed by atoms with Gasteiger partial charge in [-0.2, -0.15) is 0 Å². The Bertz CT molecular complexity index is 1630. The number of carbonyl (C=O) groups is 2. The van der Waals surface area contributed by atoms with Gasteiger partial charge in [-0.25, -0.2) is 0 Å². The second-order valence-corrected chi connectivity index (χ2v) is 18.6. The molecule has 4 rings (SSSR count). The zero-order valence-corrected chi connectivity index (χ0v) is 40.9. The van der Waals surface area contributed by atoms with Crippen molar-refractivity contribution in [3.8, 4) is 0 Å². The molecule has 3 aromatic rings. The summed E-state index contributed by atoms with van der Waals surface area (Å²) in [6.07, 6.45) is 23.9. The van der Waals surface area contributed by atoms with Crippen LogP contribution in [0.25, 0.3) is 0 Å². The van der Waals surface area contributed by atoms with E-state index in [2.05, 4.69) is 19.2 Å². The van der Waals surface area contributed by atoms with Gasteiger partial charge in [-0.05, 0) is 36.0 Å². The highest BCUT2D eigenvalue weighted by Gasteiger charge is 2.49. The molecule has 9 nitrogen and oxygen atoms in total. The van der Waals surface area contributed by atoms with Crippen molar-refractivity contribution in [1.82, 2.24) is 5.32 Å². The van der Waals surface area contributed by atoms with Crippen molar-refractivity contribution in [3.63, 3.8) is 0 Å². The predicted molar refractivity (Wildman–Crippen MR) is 266 cm³/mol. The summed E-state index contributed by atoms with van der Waals surface area (Å²) in [4.78, 5) is 27.7. The van der Waals surface area contributed by atoms with E-state index in [1.165, 1.54) is 103 Å². The van der Waals surface area contributed by atoms with E-state index in [-0.39, 0.29) is 44.7 Å². The number of carbonyl (C=O) groups excluding carboxylic acids is 2. The summed E-state index contributed by atoms with van der Waals surface area (Å²) in [5.74, 6) is -0.523. The van der Waals surface area contributed by atoms with Crippen LogP contribution >= 0.6 is 0 Å². The Labute approximate surface area is 399 Å². The quantitative estimate of drug-likeness (QED) is 0.0432. The van der Waals surface area contributed by atoms with Crippen molar-refractivity contribution >= 4 is 11.9 Å². The van der Waals surface area contributed by atoms with Gasteiger partial charge in [0, 0.05) is 6.42 Å². The number of hydrogen-bond acceptors (Lipinski definition) is 8. The number of aliphatic hydroxyl groups excluding tert-OH is 1. The first-order valence-corrected chi connectivity index (χ1v) is 26.2. The van der Waals surface area contributed by atoms with Crippen LogP contribution in [0.15, 0.2) is 91.0 Å². The van der Waals surface area contributed by atoms with Gasteiger partial charge in [0.2, 0.25) is 5.91 Å². The Kier molecular flexibility index (Phi) is 29.6. The van der Waals surface area contributed by atoms with Gasteiger partial charge in [0.25, 0.3) is 0 Å². The molecule has 1 aliphatic heterocycles. The molecule has 0 saturated carbocycles. The molecule has 1 amide bonds. The van der Waals surface area contributed by atoms with Gasteiger partial charge in [0.15, 0.2) is 6.29 Å². The largest absolute Gasteiger partial charge is 0.462 e. The second-order valence-electron chi connectivity index (χ2n) is 18.6. The predicted octanol–water partition coefficient (Wildman–Crippen LogP) is 13.3. The molecule has 1 saturated heterocycles. The lowest BCUT2D eigenvalue weighted by Gasteiger charge is -2.46. The Hall–Kier alpha value is -3.60. The van der Waals surface area contributed by atoms with Crippen LogP contribution in [0, 0.1) is 0 Å². The second kappa shape index (κ2) is 35.5. The van der Waals surface area contributed by atoms with E-state index in [0.717, 1.165) is 55.2 Å². The molecule has 1 aliphatic rings. The number of benzene rings is 3. The van der Waals surface area contributed by atoms with Gasteiger partial charge >= 0.3 is 5.97 Å². The number of rotatable bonds is 38. The highest BCUT2D eigenvalue weighted by Crippen LogP contribution is 2.30. The third-order valence-corrected chi connectivity index (χ3v) is 12.8. The Morgan fingerprint density at radius 2 is 0.955 bits per heavy atom. The monoisotopic (exact) mass is 914 g/mol. The van der Waals surface area contributed by atoms with Crippen LogP contribution < -0.4 is 5.32 Å². The van der Waals surface area contributed by atoms with Crippen molar-refractivity contribution in [2.45, 2.75) is 231 Å². The third kappa shape index (κ3) is 23.4. The summed E-state index contributed by atoms with van der Waals surface area (Å²) >= 11 is 0. The van der Waals surface area contributed by atoms with E-state index >= 15 is 0 Å². The minimum Gasteiger partial charge on any atom is -0.462 e. The molecule has 2 N–H and O–H groups in total. The Balaban J connectivity index is 1.42.